The van der Waals surface area contributed by atoms with E-state index in [1.165, 1.54) is 0 Å². The van der Waals surface area contributed by atoms with Gasteiger partial charge < -0.3 is 9.47 Å². The van der Waals surface area contributed by atoms with Crippen molar-refractivity contribution in [2.75, 3.05) is 26.3 Å². The van der Waals surface area contributed by atoms with Gasteiger partial charge >= 0.3 is 0 Å². The fourth-order valence-electron chi connectivity index (χ4n) is 3.28. The molecule has 2 heterocycles. The molecule has 1 aromatic carbocycles. The van der Waals surface area contributed by atoms with Gasteiger partial charge in [-0.1, -0.05) is 17.7 Å². The van der Waals surface area contributed by atoms with E-state index in [1.54, 1.807) is 16.4 Å². The summed E-state index contributed by atoms with van der Waals surface area (Å²) in [7, 11) is -3.52. The van der Waals surface area contributed by atoms with Crippen LogP contribution in [0, 0.1) is 6.92 Å². The van der Waals surface area contributed by atoms with Crippen LogP contribution in [0.15, 0.2) is 29.2 Å². The predicted octanol–water partition coefficient (Wildman–Crippen LogP) is 1.95. The summed E-state index contributed by atoms with van der Waals surface area (Å²) in [5.41, 5.74) is 0.00499. The minimum atomic E-state index is -3.52. The van der Waals surface area contributed by atoms with Crippen LogP contribution in [0.1, 0.15) is 25.8 Å². The molecule has 122 valence electrons. The lowest BCUT2D eigenvalue weighted by atomic mass is 9.97. The third kappa shape index (κ3) is 2.93. The average molecular weight is 325 g/mol. The van der Waals surface area contributed by atoms with Crippen molar-refractivity contribution in [3.63, 3.8) is 0 Å². The normalized spacial score (nSPS) is 29.0. The van der Waals surface area contributed by atoms with Gasteiger partial charge in [-0.2, -0.15) is 4.31 Å². The van der Waals surface area contributed by atoms with Crippen LogP contribution in [0.5, 0.6) is 0 Å². The average Bonchev–Trinajstić information content (AvgIpc) is 2.84. The largest absolute Gasteiger partial charge is 0.378 e. The number of sulfonamides is 1. The summed E-state index contributed by atoms with van der Waals surface area (Å²) in [6.45, 7) is 7.59. The van der Waals surface area contributed by atoms with E-state index in [-0.39, 0.29) is 0 Å². The molecular weight excluding hydrogens is 302 g/mol. The molecule has 1 unspecified atom stereocenters. The molecule has 22 heavy (non-hydrogen) atoms. The highest BCUT2D eigenvalue weighted by Crippen LogP contribution is 2.36. The zero-order chi connectivity index (χ0) is 16.0. The Labute approximate surface area is 132 Å². The molecule has 1 atom stereocenters. The molecule has 0 N–H and O–H groups in total. The number of morpholine rings is 1. The Morgan fingerprint density at radius 1 is 1.14 bits per heavy atom. The third-order valence-electron chi connectivity index (χ3n) is 4.24. The molecule has 2 fully saturated rings. The van der Waals surface area contributed by atoms with Crippen LogP contribution in [0.25, 0.3) is 0 Å². The number of nitrogens with zero attached hydrogens (tertiary/aromatic N) is 1. The van der Waals surface area contributed by atoms with Gasteiger partial charge in [-0.05, 0) is 32.9 Å². The van der Waals surface area contributed by atoms with E-state index in [4.69, 9.17) is 9.47 Å². The first kappa shape index (κ1) is 15.9. The summed E-state index contributed by atoms with van der Waals surface area (Å²) < 4.78 is 39.1. The van der Waals surface area contributed by atoms with Crippen molar-refractivity contribution in [1.82, 2.24) is 4.31 Å². The van der Waals surface area contributed by atoms with Crippen LogP contribution in [0.4, 0.5) is 0 Å². The van der Waals surface area contributed by atoms with Crippen molar-refractivity contribution >= 4 is 10.0 Å². The quantitative estimate of drug-likeness (QED) is 0.834. The van der Waals surface area contributed by atoms with Gasteiger partial charge in [-0.25, -0.2) is 8.42 Å². The minimum Gasteiger partial charge on any atom is -0.378 e. The van der Waals surface area contributed by atoms with Gasteiger partial charge in [0.1, 0.15) is 5.60 Å². The Morgan fingerprint density at radius 3 is 2.41 bits per heavy atom. The Morgan fingerprint density at radius 2 is 1.82 bits per heavy atom. The molecule has 0 bridgehead atoms. The Balaban J connectivity index is 1.93. The van der Waals surface area contributed by atoms with Crippen molar-refractivity contribution < 1.29 is 17.9 Å². The number of hydrogen-bond acceptors (Lipinski definition) is 4. The Kier molecular flexibility index (Phi) is 3.84. The van der Waals surface area contributed by atoms with Crippen LogP contribution >= 0.6 is 0 Å². The maximum absolute atomic E-state index is 13.0. The monoisotopic (exact) mass is 325 g/mol. The number of rotatable bonds is 2. The second-order valence-electron chi connectivity index (χ2n) is 6.93. The second kappa shape index (κ2) is 5.30. The standard InChI is InChI=1S/C16H23NO4S/c1-13-4-6-14(7-5-13)22(18,19)17-10-15(2,3)21-16(11-17)8-9-20-12-16/h4-7H,8-12H2,1-3H3. The fraction of sp³-hybridized carbons (Fsp3) is 0.625. The first-order chi connectivity index (χ1) is 10.2. The molecule has 1 aromatic rings. The molecule has 0 amide bonds. The first-order valence-corrected chi connectivity index (χ1v) is 9.01. The number of ether oxygens (including phenoxy) is 2. The lowest BCUT2D eigenvalue weighted by molar-refractivity contribution is -0.180. The molecule has 2 aliphatic rings. The van der Waals surface area contributed by atoms with E-state index in [0.29, 0.717) is 31.2 Å². The van der Waals surface area contributed by atoms with E-state index >= 15 is 0 Å². The molecule has 3 rings (SSSR count). The van der Waals surface area contributed by atoms with Crippen molar-refractivity contribution in [2.24, 2.45) is 0 Å². The SMILES string of the molecule is Cc1ccc(S(=O)(=O)N2CC(C)(C)OC3(CCOC3)C2)cc1. The third-order valence-corrected chi connectivity index (χ3v) is 6.05. The molecule has 0 aromatic heterocycles. The zero-order valence-electron chi connectivity index (χ0n) is 13.3. The van der Waals surface area contributed by atoms with Crippen LogP contribution in [0.2, 0.25) is 0 Å². The highest BCUT2D eigenvalue weighted by atomic mass is 32.2. The summed E-state index contributed by atoms with van der Waals surface area (Å²) in [5, 5.41) is 0. The maximum Gasteiger partial charge on any atom is 0.243 e. The summed E-state index contributed by atoms with van der Waals surface area (Å²) in [5.74, 6) is 0. The highest BCUT2D eigenvalue weighted by Gasteiger charge is 2.49. The van der Waals surface area contributed by atoms with E-state index in [1.807, 2.05) is 32.9 Å². The van der Waals surface area contributed by atoms with Crippen molar-refractivity contribution in [3.05, 3.63) is 29.8 Å². The molecule has 0 saturated carbocycles. The topological polar surface area (TPSA) is 55.8 Å². The van der Waals surface area contributed by atoms with Gasteiger partial charge in [0, 0.05) is 26.1 Å². The van der Waals surface area contributed by atoms with Gasteiger partial charge in [0.2, 0.25) is 10.0 Å². The molecule has 1 spiro atoms. The van der Waals surface area contributed by atoms with E-state index in [2.05, 4.69) is 0 Å². The summed E-state index contributed by atoms with van der Waals surface area (Å²) in [6, 6.07) is 7.00. The van der Waals surface area contributed by atoms with E-state index in [0.717, 1.165) is 12.0 Å². The second-order valence-corrected chi connectivity index (χ2v) is 8.87. The van der Waals surface area contributed by atoms with E-state index in [9.17, 15) is 8.42 Å². The summed E-state index contributed by atoms with van der Waals surface area (Å²) in [6.07, 6.45) is 0.732. The number of aryl methyl sites for hydroxylation is 1. The molecule has 0 radical (unpaired) electrons. The summed E-state index contributed by atoms with van der Waals surface area (Å²) >= 11 is 0. The zero-order valence-corrected chi connectivity index (χ0v) is 14.1. The Hall–Kier alpha value is -0.950. The van der Waals surface area contributed by atoms with E-state index < -0.39 is 21.2 Å². The molecule has 2 saturated heterocycles. The lowest BCUT2D eigenvalue weighted by Gasteiger charge is -2.47. The molecule has 0 aliphatic carbocycles. The van der Waals surface area contributed by atoms with Gasteiger partial charge in [0.05, 0.1) is 17.1 Å². The molecule has 6 heteroatoms. The molecular formula is C16H23NO4S. The highest BCUT2D eigenvalue weighted by molar-refractivity contribution is 7.89. The number of benzene rings is 1. The molecule has 5 nitrogen and oxygen atoms in total. The predicted molar refractivity (Wildman–Crippen MR) is 83.3 cm³/mol. The van der Waals surface area contributed by atoms with Gasteiger partial charge in [-0.3, -0.25) is 0 Å². The smallest absolute Gasteiger partial charge is 0.243 e. The van der Waals surface area contributed by atoms with Crippen molar-refractivity contribution in [3.8, 4) is 0 Å². The van der Waals surface area contributed by atoms with Crippen LogP contribution in [-0.2, 0) is 19.5 Å². The molecule has 2 aliphatic heterocycles. The lowest BCUT2D eigenvalue weighted by Crippen LogP contribution is -2.61. The minimum absolute atomic E-state index is 0.338. The van der Waals surface area contributed by atoms with Crippen molar-refractivity contribution in [1.29, 1.82) is 0 Å². The summed E-state index contributed by atoms with van der Waals surface area (Å²) in [4.78, 5) is 0.338. The first-order valence-electron chi connectivity index (χ1n) is 7.57. The van der Waals surface area contributed by atoms with Crippen LogP contribution in [-0.4, -0.2) is 50.2 Å². The van der Waals surface area contributed by atoms with Crippen molar-refractivity contribution in [2.45, 2.75) is 43.3 Å². The number of hydrogen-bond donors (Lipinski definition) is 0. The van der Waals surface area contributed by atoms with Gasteiger partial charge in [0.15, 0.2) is 0 Å². The van der Waals surface area contributed by atoms with Crippen LogP contribution in [0.3, 0.4) is 0 Å². The van der Waals surface area contributed by atoms with Crippen LogP contribution < -0.4 is 0 Å². The fourth-order valence-corrected chi connectivity index (χ4v) is 4.94. The van der Waals surface area contributed by atoms with Gasteiger partial charge in [0.25, 0.3) is 0 Å². The maximum atomic E-state index is 13.0. The van der Waals surface area contributed by atoms with Gasteiger partial charge in [-0.15, -0.1) is 0 Å². The Bertz CT molecular complexity index is 645.